The molecule has 1 N–H and O–H groups in total. The van der Waals surface area contributed by atoms with Crippen LogP contribution in [-0.4, -0.2) is 38.0 Å². The fourth-order valence-electron chi connectivity index (χ4n) is 5.73. The van der Waals surface area contributed by atoms with Crippen LogP contribution in [0.5, 0.6) is 17.2 Å². The first-order chi connectivity index (χ1) is 19.1. The number of hydrogen-bond donors (Lipinski definition) is 1. The summed E-state index contributed by atoms with van der Waals surface area (Å²) in [6.07, 6.45) is 1.23. The normalized spacial score (nSPS) is 17.7. The lowest BCUT2D eigenvalue weighted by Gasteiger charge is -2.23. The SMILES string of the molecule is COC(=O)CC1COc2cc(O[C@@H]3CCc4c(-c5c(C)cc(OCC(C)(C)CO)cc5C)ccc(F)c43)ccc21. The molecule has 0 saturated carbocycles. The molecule has 7 heteroatoms. The molecule has 6 nitrogen and oxygen atoms in total. The van der Waals surface area contributed by atoms with Crippen molar-refractivity contribution in [1.29, 1.82) is 0 Å². The van der Waals surface area contributed by atoms with Crippen LogP contribution in [0.1, 0.15) is 66.5 Å². The number of methoxy groups -OCH3 is 1. The molecule has 0 saturated heterocycles. The van der Waals surface area contributed by atoms with E-state index in [4.69, 9.17) is 18.9 Å². The fraction of sp³-hybridized carbons (Fsp3) is 0.424. The standard InChI is InChI=1S/C33H37FO6/c1-19-12-23(39-18-33(3,4)17-35)13-20(2)31(19)25-8-10-27(34)32-26(25)9-11-28(32)40-22-6-7-24-21(14-30(36)37-5)16-38-29(24)15-22/h6-8,10,12-13,15,21,28,35H,9,11,14,16-18H2,1-5H3/t21?,28-/m1/s1. The molecule has 0 radical (unpaired) electrons. The van der Waals surface area contributed by atoms with Gasteiger partial charge in [-0.3, -0.25) is 4.79 Å². The predicted molar refractivity (Wildman–Crippen MR) is 151 cm³/mol. The second-order valence-electron chi connectivity index (χ2n) is 11.7. The summed E-state index contributed by atoms with van der Waals surface area (Å²) in [4.78, 5) is 11.7. The summed E-state index contributed by atoms with van der Waals surface area (Å²) in [7, 11) is 1.38. The molecular formula is C33H37FO6. The van der Waals surface area contributed by atoms with Crippen molar-refractivity contribution in [1.82, 2.24) is 0 Å². The number of fused-ring (bicyclic) bond motifs is 2. The van der Waals surface area contributed by atoms with Crippen molar-refractivity contribution in [2.75, 3.05) is 26.9 Å². The van der Waals surface area contributed by atoms with Crippen LogP contribution in [0.3, 0.4) is 0 Å². The third kappa shape index (κ3) is 5.52. The second-order valence-corrected chi connectivity index (χ2v) is 11.7. The number of rotatable bonds is 9. The molecule has 0 spiro atoms. The minimum Gasteiger partial charge on any atom is -0.493 e. The second kappa shape index (κ2) is 11.1. The van der Waals surface area contributed by atoms with Crippen molar-refractivity contribution in [3.05, 3.63) is 76.1 Å². The lowest BCUT2D eigenvalue weighted by Crippen LogP contribution is -2.25. The molecule has 3 aromatic carbocycles. The number of benzene rings is 3. The van der Waals surface area contributed by atoms with Crippen molar-refractivity contribution in [2.24, 2.45) is 5.41 Å². The fourth-order valence-corrected chi connectivity index (χ4v) is 5.73. The van der Waals surface area contributed by atoms with E-state index < -0.39 is 6.10 Å². The zero-order chi connectivity index (χ0) is 28.6. The maximum Gasteiger partial charge on any atom is 0.306 e. The molecule has 2 aliphatic rings. The van der Waals surface area contributed by atoms with E-state index in [2.05, 4.69) is 0 Å². The minimum atomic E-state index is -0.413. The number of aryl methyl sites for hydroxylation is 2. The van der Waals surface area contributed by atoms with Gasteiger partial charge in [-0.1, -0.05) is 26.0 Å². The van der Waals surface area contributed by atoms with Crippen LogP contribution < -0.4 is 14.2 Å². The highest BCUT2D eigenvalue weighted by atomic mass is 19.1. The maximum absolute atomic E-state index is 15.3. The first-order valence-electron chi connectivity index (χ1n) is 13.8. The van der Waals surface area contributed by atoms with Crippen molar-refractivity contribution in [2.45, 2.75) is 59.0 Å². The highest BCUT2D eigenvalue weighted by Crippen LogP contribution is 2.45. The Morgan fingerprint density at radius 3 is 2.55 bits per heavy atom. The van der Waals surface area contributed by atoms with Crippen LogP contribution in [-0.2, 0) is 16.0 Å². The summed E-state index contributed by atoms with van der Waals surface area (Å²) in [5.74, 6) is 1.47. The van der Waals surface area contributed by atoms with Crippen molar-refractivity contribution >= 4 is 5.97 Å². The Hall–Kier alpha value is -3.58. The summed E-state index contributed by atoms with van der Waals surface area (Å²) in [6.45, 7) is 8.87. The van der Waals surface area contributed by atoms with Crippen molar-refractivity contribution < 1.29 is 33.2 Å². The molecule has 0 fully saturated rings. The molecule has 3 aromatic rings. The monoisotopic (exact) mass is 548 g/mol. The van der Waals surface area contributed by atoms with E-state index >= 15 is 4.39 Å². The van der Waals surface area contributed by atoms with Gasteiger partial charge in [0.2, 0.25) is 0 Å². The molecule has 212 valence electrons. The van der Waals surface area contributed by atoms with E-state index in [0.717, 1.165) is 39.1 Å². The molecule has 0 amide bonds. The highest BCUT2D eigenvalue weighted by molar-refractivity contribution is 5.76. The number of aliphatic hydroxyl groups excluding tert-OH is 1. The molecule has 0 bridgehead atoms. The summed E-state index contributed by atoms with van der Waals surface area (Å²) in [5.41, 5.74) is 6.39. The summed E-state index contributed by atoms with van der Waals surface area (Å²) in [6, 6.07) is 13.0. The van der Waals surface area contributed by atoms with Gasteiger partial charge in [-0.2, -0.15) is 0 Å². The van der Waals surface area contributed by atoms with Crippen LogP contribution in [0.4, 0.5) is 4.39 Å². The predicted octanol–water partition coefficient (Wildman–Crippen LogP) is 6.61. The van der Waals surface area contributed by atoms with Gasteiger partial charge >= 0.3 is 5.97 Å². The van der Waals surface area contributed by atoms with Gasteiger partial charge in [-0.15, -0.1) is 0 Å². The zero-order valence-corrected chi connectivity index (χ0v) is 23.8. The number of aliphatic hydroxyl groups is 1. The number of halogens is 1. The molecule has 0 aromatic heterocycles. The van der Waals surface area contributed by atoms with Crippen LogP contribution in [0.2, 0.25) is 0 Å². The Balaban J connectivity index is 1.39. The van der Waals surface area contributed by atoms with E-state index in [-0.39, 0.29) is 36.1 Å². The molecule has 1 aliphatic heterocycles. The average Bonchev–Trinajstić information content (AvgIpc) is 3.53. The molecule has 2 atom stereocenters. The van der Waals surface area contributed by atoms with Crippen LogP contribution in [0.25, 0.3) is 11.1 Å². The maximum atomic E-state index is 15.3. The molecule has 1 aliphatic carbocycles. The highest BCUT2D eigenvalue weighted by Gasteiger charge is 2.32. The van der Waals surface area contributed by atoms with Crippen molar-refractivity contribution in [3.63, 3.8) is 0 Å². The number of ether oxygens (including phenoxy) is 4. The van der Waals surface area contributed by atoms with Crippen molar-refractivity contribution in [3.8, 4) is 28.4 Å². The van der Waals surface area contributed by atoms with Crippen LogP contribution >= 0.6 is 0 Å². The summed E-state index contributed by atoms with van der Waals surface area (Å²) in [5, 5.41) is 9.55. The number of carbonyl (C=O) groups is 1. The molecule has 5 rings (SSSR count). The number of carbonyl (C=O) groups excluding carboxylic acids is 1. The van der Waals surface area contributed by atoms with Gasteiger partial charge in [0.15, 0.2) is 0 Å². The van der Waals surface area contributed by atoms with Gasteiger partial charge in [-0.25, -0.2) is 4.39 Å². The zero-order valence-electron chi connectivity index (χ0n) is 23.8. The third-order valence-corrected chi connectivity index (χ3v) is 7.90. The van der Waals surface area contributed by atoms with E-state index in [1.54, 1.807) is 0 Å². The van der Waals surface area contributed by atoms with Gasteiger partial charge in [0.25, 0.3) is 0 Å². The van der Waals surface area contributed by atoms with E-state index in [9.17, 15) is 9.90 Å². The van der Waals surface area contributed by atoms with Gasteiger partial charge in [0.1, 0.15) is 29.2 Å². The van der Waals surface area contributed by atoms with E-state index in [0.29, 0.717) is 43.1 Å². The van der Waals surface area contributed by atoms with Crippen LogP contribution in [0, 0.1) is 25.1 Å². The van der Waals surface area contributed by atoms with E-state index in [1.807, 2.05) is 64.1 Å². The quantitative estimate of drug-likeness (QED) is 0.303. The largest absolute Gasteiger partial charge is 0.493 e. The number of hydrogen-bond acceptors (Lipinski definition) is 6. The number of esters is 1. The Morgan fingerprint density at radius 1 is 1.10 bits per heavy atom. The topological polar surface area (TPSA) is 74.2 Å². The first-order valence-corrected chi connectivity index (χ1v) is 13.8. The van der Waals surface area contributed by atoms with Crippen LogP contribution in [0.15, 0.2) is 42.5 Å². The minimum absolute atomic E-state index is 0.0440. The van der Waals surface area contributed by atoms with Gasteiger partial charge in [0.05, 0.1) is 33.4 Å². The lowest BCUT2D eigenvalue weighted by molar-refractivity contribution is -0.141. The summed E-state index contributed by atoms with van der Waals surface area (Å²) < 4.78 is 38.3. The van der Waals surface area contributed by atoms with Gasteiger partial charge in [0, 0.05) is 28.5 Å². The average molecular weight is 549 g/mol. The van der Waals surface area contributed by atoms with Gasteiger partial charge < -0.3 is 24.1 Å². The Bertz CT molecular complexity index is 1410. The smallest absolute Gasteiger partial charge is 0.306 e. The lowest BCUT2D eigenvalue weighted by atomic mass is 9.90. The Kier molecular flexibility index (Phi) is 7.78. The molecule has 1 unspecified atom stereocenters. The Labute approximate surface area is 235 Å². The molecule has 1 heterocycles. The third-order valence-electron chi connectivity index (χ3n) is 7.90. The molecular weight excluding hydrogens is 511 g/mol. The Morgan fingerprint density at radius 2 is 1.85 bits per heavy atom. The first kappa shape index (κ1) is 28.0. The van der Waals surface area contributed by atoms with E-state index in [1.165, 1.54) is 13.2 Å². The summed E-state index contributed by atoms with van der Waals surface area (Å²) >= 11 is 0. The van der Waals surface area contributed by atoms with Gasteiger partial charge in [-0.05, 0) is 78.8 Å². The molecule has 40 heavy (non-hydrogen) atoms.